The normalized spacial score (nSPS) is 20.1. The van der Waals surface area contributed by atoms with E-state index in [1.165, 1.54) is 31.4 Å². The van der Waals surface area contributed by atoms with Gasteiger partial charge in [-0.05, 0) is 31.0 Å². The molecule has 2 aliphatic rings. The Morgan fingerprint density at radius 2 is 1.89 bits per heavy atom. The van der Waals surface area contributed by atoms with E-state index in [4.69, 9.17) is 15.5 Å². The molecule has 0 fully saturated rings. The quantitative estimate of drug-likeness (QED) is 0.844. The molecule has 8 heteroatoms. The van der Waals surface area contributed by atoms with Gasteiger partial charge in [-0.15, -0.1) is 5.11 Å². The van der Waals surface area contributed by atoms with Gasteiger partial charge in [-0.2, -0.15) is 10.4 Å². The van der Waals surface area contributed by atoms with Gasteiger partial charge in [-0.3, -0.25) is 9.59 Å². The lowest BCUT2D eigenvalue weighted by Gasteiger charge is -2.23. The molecule has 1 aliphatic heterocycles. The Bertz CT molecular complexity index is 949. The third kappa shape index (κ3) is 4.61. The SMILES string of the molecule is CC1(C(=O)O)C=CC=C(C(=O)O)C1.N#Cc1ccc(C2=CN=NC2=O)cc1. The van der Waals surface area contributed by atoms with Crippen molar-refractivity contribution in [1.82, 2.24) is 0 Å². The van der Waals surface area contributed by atoms with Crippen molar-refractivity contribution < 1.29 is 24.6 Å². The molecular weight excluding hydrogens is 350 g/mol. The summed E-state index contributed by atoms with van der Waals surface area (Å²) in [5.74, 6) is -2.40. The van der Waals surface area contributed by atoms with Crippen LogP contribution in [0.5, 0.6) is 0 Å². The minimum absolute atomic E-state index is 0.0359. The van der Waals surface area contributed by atoms with Crippen molar-refractivity contribution in [3.63, 3.8) is 0 Å². The molecule has 1 amide bonds. The van der Waals surface area contributed by atoms with Gasteiger partial charge in [0.1, 0.15) is 0 Å². The fourth-order valence-corrected chi connectivity index (χ4v) is 2.35. The Hall–Kier alpha value is -3.86. The van der Waals surface area contributed by atoms with E-state index in [1.807, 2.05) is 6.07 Å². The monoisotopic (exact) mass is 365 g/mol. The lowest BCUT2D eigenvalue weighted by Crippen LogP contribution is -2.28. The summed E-state index contributed by atoms with van der Waals surface area (Å²) in [6, 6.07) is 8.73. The molecule has 1 heterocycles. The Balaban J connectivity index is 0.000000194. The number of allylic oxidation sites excluding steroid dienone is 2. The van der Waals surface area contributed by atoms with Gasteiger partial charge in [0.15, 0.2) is 0 Å². The highest BCUT2D eigenvalue weighted by Crippen LogP contribution is 2.31. The summed E-state index contributed by atoms with van der Waals surface area (Å²) in [6.07, 6.45) is 5.85. The second-order valence-corrected chi connectivity index (χ2v) is 6.01. The van der Waals surface area contributed by atoms with E-state index in [2.05, 4.69) is 10.2 Å². The summed E-state index contributed by atoms with van der Waals surface area (Å²) >= 11 is 0. The first kappa shape index (κ1) is 19.5. The number of rotatable bonds is 3. The van der Waals surface area contributed by atoms with Crippen LogP contribution in [0, 0.1) is 16.7 Å². The van der Waals surface area contributed by atoms with Crippen molar-refractivity contribution in [3.05, 3.63) is 65.4 Å². The van der Waals surface area contributed by atoms with Crippen LogP contribution in [0.2, 0.25) is 0 Å². The Morgan fingerprint density at radius 1 is 1.22 bits per heavy atom. The molecule has 27 heavy (non-hydrogen) atoms. The lowest BCUT2D eigenvalue weighted by molar-refractivity contribution is -0.145. The highest BCUT2D eigenvalue weighted by atomic mass is 16.4. The minimum Gasteiger partial charge on any atom is -0.481 e. The molecule has 0 aromatic heterocycles. The number of hydrogen-bond acceptors (Lipinski definition) is 5. The summed E-state index contributed by atoms with van der Waals surface area (Å²) in [5.41, 5.74) is 0.817. The maximum Gasteiger partial charge on any atom is 0.331 e. The van der Waals surface area contributed by atoms with Gasteiger partial charge in [0, 0.05) is 5.57 Å². The Kier molecular flexibility index (Phi) is 5.78. The van der Waals surface area contributed by atoms with Crippen molar-refractivity contribution in [2.45, 2.75) is 13.3 Å². The third-order valence-electron chi connectivity index (χ3n) is 3.97. The first-order valence-corrected chi connectivity index (χ1v) is 7.78. The number of benzene rings is 1. The number of aliphatic carboxylic acids is 2. The Morgan fingerprint density at radius 3 is 2.37 bits per heavy atom. The van der Waals surface area contributed by atoms with E-state index in [0.717, 1.165) is 5.56 Å². The van der Waals surface area contributed by atoms with E-state index < -0.39 is 17.4 Å². The average Bonchev–Trinajstić information content (AvgIpc) is 3.08. The van der Waals surface area contributed by atoms with Crippen LogP contribution in [0.1, 0.15) is 24.5 Å². The number of hydrogen-bond donors (Lipinski definition) is 2. The number of carboxylic acid groups (broad SMARTS) is 2. The van der Waals surface area contributed by atoms with Gasteiger partial charge >= 0.3 is 11.9 Å². The molecule has 0 bridgehead atoms. The fraction of sp³-hybridized carbons (Fsp3) is 0.158. The van der Waals surface area contributed by atoms with Crippen molar-refractivity contribution in [2.75, 3.05) is 0 Å². The zero-order chi connectivity index (χ0) is 20.0. The number of carboxylic acids is 2. The highest BCUT2D eigenvalue weighted by Gasteiger charge is 2.34. The van der Waals surface area contributed by atoms with Crippen LogP contribution < -0.4 is 0 Å². The second-order valence-electron chi connectivity index (χ2n) is 6.01. The van der Waals surface area contributed by atoms with E-state index in [1.54, 1.807) is 24.3 Å². The third-order valence-corrected chi connectivity index (χ3v) is 3.97. The largest absolute Gasteiger partial charge is 0.481 e. The number of amides is 1. The summed E-state index contributed by atoms with van der Waals surface area (Å²) < 4.78 is 0. The number of nitriles is 1. The zero-order valence-corrected chi connectivity index (χ0v) is 14.3. The summed E-state index contributed by atoms with van der Waals surface area (Å²) in [5, 5.41) is 32.9. The molecule has 1 aromatic rings. The van der Waals surface area contributed by atoms with E-state index in [-0.39, 0.29) is 17.9 Å². The van der Waals surface area contributed by atoms with Crippen LogP contribution in [0.15, 0.2) is 64.5 Å². The van der Waals surface area contributed by atoms with Crippen LogP contribution in [-0.2, 0) is 14.4 Å². The van der Waals surface area contributed by atoms with Crippen molar-refractivity contribution in [3.8, 4) is 6.07 Å². The summed E-state index contributed by atoms with van der Waals surface area (Å²) in [7, 11) is 0. The number of carbonyl (C=O) groups is 3. The van der Waals surface area contributed by atoms with Gasteiger partial charge in [0.25, 0.3) is 5.91 Å². The number of nitrogens with zero attached hydrogens (tertiary/aromatic N) is 3. The van der Waals surface area contributed by atoms with Crippen LogP contribution in [0.3, 0.4) is 0 Å². The molecule has 1 aliphatic carbocycles. The van der Waals surface area contributed by atoms with E-state index >= 15 is 0 Å². The molecule has 1 unspecified atom stereocenters. The predicted octanol–water partition coefficient (Wildman–Crippen LogP) is 2.94. The van der Waals surface area contributed by atoms with Gasteiger partial charge in [0.2, 0.25) is 0 Å². The fourth-order valence-electron chi connectivity index (χ4n) is 2.35. The first-order chi connectivity index (χ1) is 12.8. The van der Waals surface area contributed by atoms with Gasteiger partial charge < -0.3 is 10.2 Å². The molecule has 8 nitrogen and oxygen atoms in total. The summed E-state index contributed by atoms with van der Waals surface area (Å²) in [6.45, 7) is 1.50. The average molecular weight is 365 g/mol. The minimum atomic E-state index is -1.08. The molecule has 3 rings (SSSR count). The molecule has 136 valence electrons. The smallest absolute Gasteiger partial charge is 0.331 e. The van der Waals surface area contributed by atoms with Gasteiger partial charge in [-0.1, -0.05) is 30.4 Å². The molecular formula is C19H15N3O5. The van der Waals surface area contributed by atoms with Crippen LogP contribution >= 0.6 is 0 Å². The first-order valence-electron chi connectivity index (χ1n) is 7.78. The predicted molar refractivity (Wildman–Crippen MR) is 94.2 cm³/mol. The summed E-state index contributed by atoms with van der Waals surface area (Å²) in [4.78, 5) is 32.5. The van der Waals surface area contributed by atoms with Gasteiger partial charge in [-0.25, -0.2) is 4.79 Å². The molecule has 1 aromatic carbocycles. The maximum atomic E-state index is 11.1. The van der Waals surface area contributed by atoms with Crippen molar-refractivity contribution in [1.29, 1.82) is 5.26 Å². The number of carbonyl (C=O) groups excluding carboxylic acids is 1. The van der Waals surface area contributed by atoms with Crippen molar-refractivity contribution >= 4 is 23.4 Å². The van der Waals surface area contributed by atoms with Crippen LogP contribution in [0.4, 0.5) is 0 Å². The van der Waals surface area contributed by atoms with Crippen molar-refractivity contribution in [2.24, 2.45) is 15.6 Å². The molecule has 0 spiro atoms. The lowest BCUT2D eigenvalue weighted by atomic mass is 9.80. The molecule has 2 N–H and O–H groups in total. The van der Waals surface area contributed by atoms with E-state index in [0.29, 0.717) is 11.1 Å². The molecule has 1 atom stereocenters. The molecule has 0 saturated heterocycles. The Labute approximate surface area is 154 Å². The van der Waals surface area contributed by atoms with Crippen LogP contribution in [-0.4, -0.2) is 28.1 Å². The molecule has 0 radical (unpaired) electrons. The highest BCUT2D eigenvalue weighted by molar-refractivity contribution is 6.20. The standard InChI is InChI=1S/C10H5N3O.C9H10O4/c11-5-7-1-3-8(4-2-7)9-6-12-13-10(9)14;1-9(8(12)13)4-2-3-6(5-9)7(10)11/h1-4,6H;2-4H,5H2,1H3,(H,10,11)(H,12,13). The topological polar surface area (TPSA) is 140 Å². The van der Waals surface area contributed by atoms with E-state index in [9.17, 15) is 14.4 Å². The maximum absolute atomic E-state index is 11.1. The zero-order valence-electron chi connectivity index (χ0n) is 14.3. The second kappa shape index (κ2) is 8.01. The van der Waals surface area contributed by atoms with Crippen LogP contribution in [0.25, 0.3) is 5.57 Å². The van der Waals surface area contributed by atoms with Gasteiger partial charge in [0.05, 0.1) is 28.8 Å². The number of azo groups is 1. The molecule has 0 saturated carbocycles.